The third-order valence-electron chi connectivity index (χ3n) is 7.85. The predicted octanol–water partition coefficient (Wildman–Crippen LogP) is 10.4. The van der Waals surface area contributed by atoms with Gasteiger partial charge in [0.25, 0.3) is 0 Å². The quantitative estimate of drug-likeness (QED) is 0.0446. The van der Waals surface area contributed by atoms with Crippen molar-refractivity contribution in [2.45, 2.75) is 180 Å². The van der Waals surface area contributed by atoms with E-state index in [1.165, 1.54) is 89.9 Å². The Bertz CT molecular complexity index is 766. The van der Waals surface area contributed by atoms with Crippen LogP contribution in [0.2, 0.25) is 0 Å². The van der Waals surface area contributed by atoms with E-state index in [1.54, 1.807) is 0 Å². The van der Waals surface area contributed by atoms with E-state index in [4.69, 9.17) is 4.74 Å². The number of Topliss-reactive ketones (excluding diaryl/α,β-unsaturated/α-hetero) is 1. The van der Waals surface area contributed by atoms with Crippen molar-refractivity contribution in [2.75, 3.05) is 6.61 Å². The fourth-order valence-corrected chi connectivity index (χ4v) is 5.04. The number of hydrogen-bond acceptors (Lipinski definition) is 5. The summed E-state index contributed by atoms with van der Waals surface area (Å²) in [6.07, 6.45) is 40.2. The molecule has 0 aromatic heterocycles. The molecule has 0 unspecified atom stereocenters. The monoisotopic (exact) mass is 617 g/mol. The first-order valence-electron chi connectivity index (χ1n) is 18.2. The topological polar surface area (TPSA) is 83.8 Å². The highest BCUT2D eigenvalue weighted by molar-refractivity contribution is 5.86. The third-order valence-corrected chi connectivity index (χ3v) is 7.85. The molecule has 0 saturated heterocycles. The predicted molar refractivity (Wildman–Crippen MR) is 187 cm³/mol. The second kappa shape index (κ2) is 33.9. The van der Waals surface area contributed by atoms with E-state index < -0.39 is 24.8 Å². The minimum atomic E-state index is -1.38. The molecule has 0 heterocycles. The first-order chi connectivity index (χ1) is 21.6. The smallest absolute Gasteiger partial charge is 0.306 e. The lowest BCUT2D eigenvalue weighted by Crippen LogP contribution is -2.40. The molecular weight excluding hydrogens is 548 g/mol. The van der Waals surface area contributed by atoms with Crippen molar-refractivity contribution in [3.63, 3.8) is 0 Å². The molecule has 0 amide bonds. The van der Waals surface area contributed by atoms with Crippen LogP contribution in [0.25, 0.3) is 0 Å². The second-order valence-electron chi connectivity index (χ2n) is 12.1. The molecule has 5 heteroatoms. The van der Waals surface area contributed by atoms with Gasteiger partial charge in [-0.2, -0.15) is 0 Å². The highest BCUT2D eigenvalue weighted by Crippen LogP contribution is 2.14. The molecule has 2 atom stereocenters. The minimum absolute atomic E-state index is 0.200. The normalized spacial score (nSPS) is 13.5. The van der Waals surface area contributed by atoms with Crippen molar-refractivity contribution in [3.8, 4) is 0 Å². The van der Waals surface area contributed by atoms with E-state index in [0.717, 1.165) is 44.9 Å². The summed E-state index contributed by atoms with van der Waals surface area (Å²) >= 11 is 0. The molecule has 0 aromatic rings. The van der Waals surface area contributed by atoms with Gasteiger partial charge >= 0.3 is 5.97 Å². The first kappa shape index (κ1) is 42.0. The Morgan fingerprint density at radius 3 is 1.43 bits per heavy atom. The molecule has 0 saturated carbocycles. The van der Waals surface area contributed by atoms with Gasteiger partial charge < -0.3 is 14.9 Å². The number of aliphatic hydroxyl groups is 2. The van der Waals surface area contributed by atoms with Gasteiger partial charge in [-0.05, 0) is 51.4 Å². The van der Waals surface area contributed by atoms with Crippen molar-refractivity contribution >= 4 is 11.8 Å². The molecular formula is C39H68O5. The molecule has 0 radical (unpaired) electrons. The van der Waals surface area contributed by atoms with Crippen molar-refractivity contribution in [1.82, 2.24) is 0 Å². The van der Waals surface area contributed by atoms with Gasteiger partial charge in [-0.15, -0.1) is 0 Å². The summed E-state index contributed by atoms with van der Waals surface area (Å²) in [6, 6.07) is 0. The summed E-state index contributed by atoms with van der Waals surface area (Å²) in [5.74, 6) is -0.805. The fraction of sp³-hybridized carbons (Fsp3) is 0.744. The van der Waals surface area contributed by atoms with E-state index >= 15 is 0 Å². The van der Waals surface area contributed by atoms with Crippen LogP contribution in [0.3, 0.4) is 0 Å². The Morgan fingerprint density at radius 2 is 0.955 bits per heavy atom. The lowest BCUT2D eigenvalue weighted by atomic mass is 10.0. The van der Waals surface area contributed by atoms with Crippen LogP contribution in [0.4, 0.5) is 0 Å². The van der Waals surface area contributed by atoms with Gasteiger partial charge in [0.2, 0.25) is 0 Å². The van der Waals surface area contributed by atoms with E-state index in [2.05, 4.69) is 62.5 Å². The summed E-state index contributed by atoms with van der Waals surface area (Å²) in [5.41, 5.74) is 0. The molecule has 0 aliphatic carbocycles. The maximum atomic E-state index is 12.6. The van der Waals surface area contributed by atoms with Crippen LogP contribution in [-0.2, 0) is 14.3 Å². The first-order valence-corrected chi connectivity index (χ1v) is 18.2. The van der Waals surface area contributed by atoms with Crippen molar-refractivity contribution in [2.24, 2.45) is 0 Å². The zero-order chi connectivity index (χ0) is 32.4. The lowest BCUT2D eigenvalue weighted by molar-refractivity contribution is -0.163. The summed E-state index contributed by atoms with van der Waals surface area (Å²) < 4.78 is 5.32. The van der Waals surface area contributed by atoms with Crippen molar-refractivity contribution in [1.29, 1.82) is 0 Å². The SMILES string of the molecule is CCCCCC=CCC=CCC=CCC=CCCCC(=O)[C@@H](OC(=O)CCCCCCCCCCCCCCC)[C@@H](O)CO. The van der Waals surface area contributed by atoms with E-state index in [0.29, 0.717) is 6.42 Å². The Morgan fingerprint density at radius 1 is 0.545 bits per heavy atom. The number of ketones is 1. The molecule has 0 aliphatic heterocycles. The van der Waals surface area contributed by atoms with Gasteiger partial charge in [-0.25, -0.2) is 0 Å². The minimum Gasteiger partial charge on any atom is -0.451 e. The molecule has 0 spiro atoms. The van der Waals surface area contributed by atoms with Gasteiger partial charge in [-0.1, -0.05) is 152 Å². The Labute approximate surface area is 271 Å². The summed E-state index contributed by atoms with van der Waals surface area (Å²) in [6.45, 7) is 3.87. The van der Waals surface area contributed by atoms with Crippen LogP contribution >= 0.6 is 0 Å². The maximum Gasteiger partial charge on any atom is 0.306 e. The van der Waals surface area contributed by atoms with Crippen LogP contribution in [0.15, 0.2) is 48.6 Å². The second-order valence-corrected chi connectivity index (χ2v) is 12.1. The number of allylic oxidation sites excluding steroid dienone is 8. The Hall–Kier alpha value is -1.98. The maximum absolute atomic E-state index is 12.6. The lowest BCUT2D eigenvalue weighted by Gasteiger charge is -2.20. The molecule has 0 aromatic carbocycles. The molecule has 0 aliphatic rings. The Balaban J connectivity index is 3.97. The summed E-state index contributed by atoms with van der Waals surface area (Å²) in [4.78, 5) is 25.0. The van der Waals surface area contributed by atoms with Crippen LogP contribution in [-0.4, -0.2) is 40.8 Å². The number of carbonyl (C=O) groups is 2. The molecule has 0 bridgehead atoms. The number of carbonyl (C=O) groups excluding carboxylic acids is 2. The van der Waals surface area contributed by atoms with Crippen molar-refractivity contribution < 1.29 is 24.5 Å². The number of hydrogen-bond donors (Lipinski definition) is 2. The summed E-state index contributed by atoms with van der Waals surface area (Å²) in [7, 11) is 0. The molecule has 5 nitrogen and oxygen atoms in total. The molecule has 44 heavy (non-hydrogen) atoms. The number of rotatable bonds is 32. The average Bonchev–Trinajstić information content (AvgIpc) is 3.03. The van der Waals surface area contributed by atoms with E-state index in [-0.39, 0.29) is 18.6 Å². The fourth-order valence-electron chi connectivity index (χ4n) is 5.04. The molecule has 0 rings (SSSR count). The van der Waals surface area contributed by atoms with Gasteiger partial charge in [-0.3, -0.25) is 9.59 Å². The zero-order valence-corrected chi connectivity index (χ0v) is 28.6. The largest absolute Gasteiger partial charge is 0.451 e. The van der Waals surface area contributed by atoms with E-state index in [1.807, 2.05) is 0 Å². The summed E-state index contributed by atoms with van der Waals surface area (Å²) in [5, 5.41) is 19.5. The third kappa shape index (κ3) is 28.8. The highest BCUT2D eigenvalue weighted by Gasteiger charge is 2.29. The Kier molecular flexibility index (Phi) is 32.4. The van der Waals surface area contributed by atoms with Gasteiger partial charge in [0.15, 0.2) is 11.9 Å². The number of aliphatic hydroxyl groups excluding tert-OH is 2. The molecule has 0 fully saturated rings. The van der Waals surface area contributed by atoms with Crippen LogP contribution < -0.4 is 0 Å². The number of unbranched alkanes of at least 4 members (excludes halogenated alkanes) is 16. The zero-order valence-electron chi connectivity index (χ0n) is 28.6. The highest BCUT2D eigenvalue weighted by atomic mass is 16.6. The average molecular weight is 617 g/mol. The van der Waals surface area contributed by atoms with Gasteiger partial charge in [0.05, 0.1) is 6.61 Å². The van der Waals surface area contributed by atoms with Crippen LogP contribution in [0.5, 0.6) is 0 Å². The molecule has 254 valence electrons. The van der Waals surface area contributed by atoms with E-state index in [9.17, 15) is 19.8 Å². The van der Waals surface area contributed by atoms with Crippen molar-refractivity contribution in [3.05, 3.63) is 48.6 Å². The van der Waals surface area contributed by atoms with Gasteiger partial charge in [0.1, 0.15) is 6.10 Å². The number of esters is 1. The van der Waals surface area contributed by atoms with Gasteiger partial charge in [0, 0.05) is 12.8 Å². The standard InChI is InChI=1S/C39H68O5/c1-3-5-7-9-11-13-15-17-18-19-20-22-23-25-27-29-31-33-36(41)39(37(42)35-40)44-38(43)34-32-30-28-26-24-21-16-14-12-10-8-6-4-2/h11,13,17-18,20,22,25,27,37,39-40,42H,3-10,12,14-16,19,21,23-24,26,28-35H2,1-2H3/t37-,39+/m0/s1. The number of ether oxygens (including phenoxy) is 1. The molecule has 2 N–H and O–H groups in total. The van der Waals surface area contributed by atoms with Crippen LogP contribution in [0.1, 0.15) is 168 Å². The van der Waals surface area contributed by atoms with Crippen LogP contribution in [0, 0.1) is 0 Å².